The Labute approximate surface area is 116 Å². The second-order valence-corrected chi connectivity index (χ2v) is 4.42. The number of hydrogen-bond acceptors (Lipinski definition) is 6. The molecule has 0 aliphatic carbocycles. The van der Waals surface area contributed by atoms with Gasteiger partial charge in [-0.3, -0.25) is 10.1 Å². The van der Waals surface area contributed by atoms with Crippen molar-refractivity contribution in [1.82, 2.24) is 9.97 Å². The van der Waals surface area contributed by atoms with Crippen molar-refractivity contribution in [3.8, 4) is 5.75 Å². The average molecular weight is 325 g/mol. The molecule has 1 heterocycles. The van der Waals surface area contributed by atoms with Gasteiger partial charge in [0.15, 0.2) is 0 Å². The molecular formula is C11H9BrN4O3. The molecule has 0 unspecified atom stereocenters. The molecule has 98 valence electrons. The lowest BCUT2D eigenvalue weighted by Gasteiger charge is -2.07. The van der Waals surface area contributed by atoms with Crippen LogP contribution in [0.3, 0.4) is 0 Å². The number of aromatic nitrogens is 2. The van der Waals surface area contributed by atoms with Crippen molar-refractivity contribution in [2.24, 2.45) is 0 Å². The number of nitro groups is 1. The second-order valence-electron chi connectivity index (χ2n) is 3.56. The molecule has 19 heavy (non-hydrogen) atoms. The minimum Gasteiger partial charge on any atom is -0.487 e. The normalized spacial score (nSPS) is 10.2. The number of rotatable bonds is 4. The van der Waals surface area contributed by atoms with Gasteiger partial charge >= 0.3 is 0 Å². The van der Waals surface area contributed by atoms with Gasteiger partial charge < -0.3 is 10.5 Å². The highest BCUT2D eigenvalue weighted by molar-refractivity contribution is 9.10. The van der Waals surface area contributed by atoms with Gasteiger partial charge in [-0.25, -0.2) is 9.97 Å². The van der Waals surface area contributed by atoms with E-state index in [0.717, 1.165) is 0 Å². The first-order chi connectivity index (χ1) is 9.06. The quantitative estimate of drug-likeness (QED) is 0.683. The van der Waals surface area contributed by atoms with Crippen LogP contribution >= 0.6 is 15.9 Å². The van der Waals surface area contributed by atoms with Crippen LogP contribution < -0.4 is 10.5 Å². The molecule has 1 aromatic heterocycles. The topological polar surface area (TPSA) is 104 Å². The van der Waals surface area contributed by atoms with Crippen LogP contribution in [0.5, 0.6) is 5.75 Å². The molecule has 0 fully saturated rings. The molecule has 0 atom stereocenters. The number of halogens is 1. The van der Waals surface area contributed by atoms with E-state index in [1.165, 1.54) is 30.5 Å². The van der Waals surface area contributed by atoms with Gasteiger partial charge in [0.25, 0.3) is 5.69 Å². The van der Waals surface area contributed by atoms with Crippen molar-refractivity contribution in [3.05, 3.63) is 50.7 Å². The minimum atomic E-state index is -0.467. The van der Waals surface area contributed by atoms with Crippen LogP contribution in [0.1, 0.15) is 5.69 Å². The molecule has 0 amide bonds. The number of nitrogen functional groups attached to an aromatic ring is 1. The molecule has 0 saturated carbocycles. The molecule has 0 bridgehead atoms. The maximum atomic E-state index is 10.5. The van der Waals surface area contributed by atoms with Gasteiger partial charge in [-0.05, 0) is 28.1 Å². The summed E-state index contributed by atoms with van der Waals surface area (Å²) < 4.78 is 6.15. The molecule has 0 radical (unpaired) electrons. The first kappa shape index (κ1) is 13.2. The third-order valence-electron chi connectivity index (χ3n) is 2.26. The van der Waals surface area contributed by atoms with E-state index in [1.54, 1.807) is 0 Å². The maximum absolute atomic E-state index is 10.5. The largest absolute Gasteiger partial charge is 0.487 e. The van der Waals surface area contributed by atoms with Crippen LogP contribution in [0.25, 0.3) is 0 Å². The molecule has 0 aliphatic rings. The number of nitrogens with two attached hydrogens (primary N) is 1. The van der Waals surface area contributed by atoms with Crippen LogP contribution in [0.15, 0.2) is 34.9 Å². The number of hydrogen-bond donors (Lipinski definition) is 1. The summed E-state index contributed by atoms with van der Waals surface area (Å²) in [5, 5.41) is 10.5. The molecule has 0 spiro atoms. The summed E-state index contributed by atoms with van der Waals surface area (Å²) in [6.07, 6.45) is 1.54. The van der Waals surface area contributed by atoms with Gasteiger partial charge in [0.1, 0.15) is 12.4 Å². The van der Waals surface area contributed by atoms with Crippen molar-refractivity contribution in [1.29, 1.82) is 0 Å². The fraction of sp³-hybridized carbons (Fsp3) is 0.0909. The zero-order valence-corrected chi connectivity index (χ0v) is 11.2. The number of nitrogens with zero attached hydrogens (tertiary/aromatic N) is 3. The highest BCUT2D eigenvalue weighted by Gasteiger charge is 2.07. The Morgan fingerprint density at radius 2 is 2.05 bits per heavy atom. The summed E-state index contributed by atoms with van der Waals surface area (Å²) in [5.41, 5.74) is 6.09. The highest BCUT2D eigenvalue weighted by atomic mass is 79.9. The van der Waals surface area contributed by atoms with Crippen molar-refractivity contribution in [3.63, 3.8) is 0 Å². The lowest BCUT2D eigenvalue weighted by molar-refractivity contribution is -0.384. The van der Waals surface area contributed by atoms with Gasteiger partial charge in [0, 0.05) is 18.3 Å². The molecule has 8 heteroatoms. The van der Waals surface area contributed by atoms with Crippen LogP contribution in [0.4, 0.5) is 11.6 Å². The number of anilines is 1. The Bertz CT molecular complexity index is 603. The van der Waals surface area contributed by atoms with Crippen LogP contribution in [-0.4, -0.2) is 14.9 Å². The smallest absolute Gasteiger partial charge is 0.269 e. The van der Waals surface area contributed by atoms with Crippen molar-refractivity contribution in [2.75, 3.05) is 5.73 Å². The van der Waals surface area contributed by atoms with Gasteiger partial charge in [-0.1, -0.05) is 0 Å². The predicted molar refractivity (Wildman–Crippen MR) is 71.6 cm³/mol. The molecule has 2 rings (SSSR count). The van der Waals surface area contributed by atoms with Crippen LogP contribution in [0, 0.1) is 10.1 Å². The monoisotopic (exact) mass is 324 g/mol. The fourth-order valence-electron chi connectivity index (χ4n) is 1.33. The van der Waals surface area contributed by atoms with Gasteiger partial charge in [0.2, 0.25) is 5.95 Å². The first-order valence-corrected chi connectivity index (χ1v) is 5.99. The van der Waals surface area contributed by atoms with E-state index >= 15 is 0 Å². The molecule has 1 aromatic carbocycles. The average Bonchev–Trinajstić information content (AvgIpc) is 2.40. The summed E-state index contributed by atoms with van der Waals surface area (Å²) in [6, 6.07) is 5.80. The fourth-order valence-corrected chi connectivity index (χ4v) is 1.64. The SMILES string of the molecule is Nc1ncc(Br)c(COc2ccc([N+](=O)[O-])cc2)n1. The summed E-state index contributed by atoms with van der Waals surface area (Å²) in [5.74, 6) is 0.667. The highest BCUT2D eigenvalue weighted by Crippen LogP contribution is 2.20. The third kappa shape index (κ3) is 3.38. The minimum absolute atomic E-state index is 0.0137. The van der Waals surface area contributed by atoms with E-state index in [2.05, 4.69) is 25.9 Å². The first-order valence-electron chi connectivity index (χ1n) is 5.20. The third-order valence-corrected chi connectivity index (χ3v) is 2.92. The number of non-ortho nitro benzene ring substituents is 1. The molecular weight excluding hydrogens is 316 g/mol. The van der Waals surface area contributed by atoms with Crippen molar-refractivity contribution >= 4 is 27.6 Å². The van der Waals surface area contributed by atoms with E-state index in [0.29, 0.717) is 15.9 Å². The molecule has 7 nitrogen and oxygen atoms in total. The number of benzene rings is 1. The van der Waals surface area contributed by atoms with E-state index in [1.807, 2.05) is 0 Å². The van der Waals surface area contributed by atoms with E-state index in [-0.39, 0.29) is 18.2 Å². The van der Waals surface area contributed by atoms with Crippen molar-refractivity contribution in [2.45, 2.75) is 6.61 Å². The van der Waals surface area contributed by atoms with E-state index < -0.39 is 4.92 Å². The van der Waals surface area contributed by atoms with E-state index in [4.69, 9.17) is 10.5 Å². The van der Waals surface area contributed by atoms with Crippen LogP contribution in [-0.2, 0) is 6.61 Å². The van der Waals surface area contributed by atoms with Crippen LogP contribution in [0.2, 0.25) is 0 Å². The van der Waals surface area contributed by atoms with Gasteiger partial charge in [-0.2, -0.15) is 0 Å². The predicted octanol–water partition coefficient (Wildman–Crippen LogP) is 2.31. The molecule has 2 aromatic rings. The summed E-state index contributed by atoms with van der Waals surface area (Å²) in [7, 11) is 0. The lowest BCUT2D eigenvalue weighted by Crippen LogP contribution is -2.03. The van der Waals surface area contributed by atoms with Gasteiger partial charge in [-0.15, -0.1) is 0 Å². The Hall–Kier alpha value is -2.22. The molecule has 0 aliphatic heterocycles. The summed E-state index contributed by atoms with van der Waals surface area (Å²) in [4.78, 5) is 17.9. The molecule has 2 N–H and O–H groups in total. The van der Waals surface area contributed by atoms with E-state index in [9.17, 15) is 10.1 Å². The summed E-state index contributed by atoms with van der Waals surface area (Å²) >= 11 is 3.28. The molecule has 0 saturated heterocycles. The maximum Gasteiger partial charge on any atom is 0.269 e. The lowest BCUT2D eigenvalue weighted by atomic mass is 10.3. The zero-order valence-electron chi connectivity index (χ0n) is 9.62. The Morgan fingerprint density at radius 1 is 1.37 bits per heavy atom. The second kappa shape index (κ2) is 5.61. The zero-order chi connectivity index (χ0) is 13.8. The van der Waals surface area contributed by atoms with Crippen molar-refractivity contribution < 1.29 is 9.66 Å². The Kier molecular flexibility index (Phi) is 3.91. The summed E-state index contributed by atoms with van der Waals surface area (Å²) in [6.45, 7) is 0.186. The Morgan fingerprint density at radius 3 is 2.68 bits per heavy atom. The number of nitro benzene ring substituents is 1. The standard InChI is InChI=1S/C11H9BrN4O3/c12-9-5-14-11(13)15-10(9)6-19-8-3-1-7(2-4-8)16(17)18/h1-5H,6H2,(H2,13,14,15). The Balaban J connectivity index is 2.06. The number of ether oxygens (including phenoxy) is 1. The van der Waals surface area contributed by atoms with Gasteiger partial charge in [0.05, 0.1) is 15.1 Å².